The maximum Gasteiger partial charge on any atom is 0.184 e. The minimum atomic E-state index is -0.325. The highest BCUT2D eigenvalue weighted by molar-refractivity contribution is 7.26. The van der Waals surface area contributed by atoms with E-state index in [-0.39, 0.29) is 12.5 Å². The van der Waals surface area contributed by atoms with Crippen molar-refractivity contribution in [3.8, 4) is 11.1 Å². The summed E-state index contributed by atoms with van der Waals surface area (Å²) in [5.41, 5.74) is 7.01. The number of para-hydroxylation sites is 1. The molecule has 0 radical (unpaired) electrons. The Kier molecular flexibility index (Phi) is 5.86. The molecule has 44 heavy (non-hydrogen) atoms. The van der Waals surface area contributed by atoms with Crippen LogP contribution >= 0.6 is 11.3 Å². The molecule has 0 aliphatic carbocycles. The topological polar surface area (TPSA) is 41.4 Å². The number of aromatic nitrogens is 1. The van der Waals surface area contributed by atoms with Crippen LogP contribution in [0, 0.1) is 0 Å². The van der Waals surface area contributed by atoms with Crippen LogP contribution in [0.15, 0.2) is 151 Å². The number of thiophene rings is 1. The molecule has 0 amide bonds. The van der Waals surface area contributed by atoms with Gasteiger partial charge >= 0.3 is 0 Å². The van der Waals surface area contributed by atoms with Gasteiger partial charge in [-0.2, -0.15) is 0 Å². The molecule has 210 valence electrons. The van der Waals surface area contributed by atoms with E-state index in [0.29, 0.717) is 0 Å². The first-order valence-electron chi connectivity index (χ1n) is 15.0. The van der Waals surface area contributed by atoms with Crippen LogP contribution in [0.25, 0.3) is 53.1 Å². The molecule has 2 N–H and O–H groups in total. The van der Waals surface area contributed by atoms with Crippen LogP contribution in [0.5, 0.6) is 0 Å². The van der Waals surface area contributed by atoms with Crippen LogP contribution in [0.4, 0.5) is 0 Å². The summed E-state index contributed by atoms with van der Waals surface area (Å²) in [5.74, 6) is 0.875. The summed E-state index contributed by atoms with van der Waals surface area (Å²) in [6, 6.07) is 51.9. The van der Waals surface area contributed by atoms with Crippen LogP contribution in [0.1, 0.15) is 23.6 Å². The van der Waals surface area contributed by atoms with E-state index in [4.69, 9.17) is 4.99 Å². The van der Waals surface area contributed by atoms with Crippen LogP contribution in [-0.4, -0.2) is 10.4 Å². The molecule has 8 aromatic rings. The maximum absolute atomic E-state index is 5.31. The van der Waals surface area contributed by atoms with Crippen molar-refractivity contribution in [1.29, 1.82) is 0 Å². The van der Waals surface area contributed by atoms with Crippen molar-refractivity contribution in [2.45, 2.75) is 12.5 Å². The smallest absolute Gasteiger partial charge is 0.184 e. The number of fused-ring (bicyclic) bond motifs is 6. The molecule has 0 saturated carbocycles. The van der Waals surface area contributed by atoms with Crippen LogP contribution < -0.4 is 10.6 Å². The van der Waals surface area contributed by atoms with Crippen LogP contribution in [-0.2, 0) is 0 Å². The van der Waals surface area contributed by atoms with Crippen molar-refractivity contribution < 1.29 is 0 Å². The van der Waals surface area contributed by atoms with Gasteiger partial charge in [0.15, 0.2) is 6.29 Å². The fourth-order valence-electron chi connectivity index (χ4n) is 6.64. The summed E-state index contributed by atoms with van der Waals surface area (Å²) in [4.78, 5) is 5.31. The summed E-state index contributed by atoms with van der Waals surface area (Å²) in [5, 5.41) is 12.6. The molecule has 2 atom stereocenters. The van der Waals surface area contributed by atoms with Crippen molar-refractivity contribution in [3.05, 3.63) is 157 Å². The number of aliphatic imine (C=N–C) groups is 1. The second-order valence-corrected chi connectivity index (χ2v) is 12.3. The Balaban J connectivity index is 1.27. The highest BCUT2D eigenvalue weighted by Crippen LogP contribution is 2.42. The summed E-state index contributed by atoms with van der Waals surface area (Å²) in [6.45, 7) is 0. The third-order valence-corrected chi connectivity index (χ3v) is 9.92. The van der Waals surface area contributed by atoms with E-state index in [0.717, 1.165) is 22.4 Å². The zero-order chi connectivity index (χ0) is 29.0. The Bertz CT molecular complexity index is 2350. The van der Waals surface area contributed by atoms with E-state index < -0.39 is 0 Å². The molecule has 0 bridgehead atoms. The fraction of sp³-hybridized carbons (Fsp3) is 0.0513. The minimum absolute atomic E-state index is 0.111. The molecule has 1 aliphatic rings. The summed E-state index contributed by atoms with van der Waals surface area (Å²) < 4.78 is 5.02. The lowest BCUT2D eigenvalue weighted by Crippen LogP contribution is -2.46. The van der Waals surface area contributed by atoms with Gasteiger partial charge < -0.3 is 9.88 Å². The van der Waals surface area contributed by atoms with Crippen LogP contribution in [0.2, 0.25) is 0 Å². The zero-order valence-corrected chi connectivity index (χ0v) is 24.6. The average molecular weight is 585 g/mol. The maximum atomic E-state index is 5.31. The molecule has 0 fully saturated rings. The van der Waals surface area contributed by atoms with Crippen molar-refractivity contribution in [1.82, 2.24) is 15.2 Å². The Labute approximate surface area is 258 Å². The molecule has 3 heterocycles. The number of amidine groups is 1. The lowest BCUT2D eigenvalue weighted by molar-refractivity contribution is 0.341. The molecular weight excluding hydrogens is 557 g/mol. The molecule has 6 aromatic carbocycles. The van der Waals surface area contributed by atoms with Crippen molar-refractivity contribution in [3.63, 3.8) is 0 Å². The lowest BCUT2D eigenvalue weighted by Gasteiger charge is -2.33. The molecule has 9 rings (SSSR count). The van der Waals surface area contributed by atoms with E-state index in [1.165, 1.54) is 47.6 Å². The standard InChI is InChI=1S/C39H28N4S/c1-3-12-25(13-4-1)37-40-38(26-14-5-2-6-15-26)42-39(41-37)43-33-20-9-7-16-29(33)30-23-22-27(24-34(30)43)28-18-11-19-32-31-17-8-10-21-35(31)44-36(28)32/h1-24,37,39,41H,(H,40,42). The number of benzene rings is 6. The zero-order valence-electron chi connectivity index (χ0n) is 23.8. The van der Waals surface area contributed by atoms with Gasteiger partial charge in [0.05, 0.1) is 11.0 Å². The van der Waals surface area contributed by atoms with Crippen molar-refractivity contribution >= 4 is 59.2 Å². The van der Waals surface area contributed by atoms with E-state index in [9.17, 15) is 0 Å². The Morgan fingerprint density at radius 1 is 0.568 bits per heavy atom. The largest absolute Gasteiger partial charge is 0.350 e. The van der Waals surface area contributed by atoms with Gasteiger partial charge in [0.2, 0.25) is 0 Å². The first-order chi connectivity index (χ1) is 21.8. The van der Waals surface area contributed by atoms with E-state index in [1.54, 1.807) is 0 Å². The minimum Gasteiger partial charge on any atom is -0.350 e. The Morgan fingerprint density at radius 3 is 2.14 bits per heavy atom. The Hall–Kier alpha value is -5.23. The van der Waals surface area contributed by atoms with E-state index >= 15 is 0 Å². The average Bonchev–Trinajstić information content (AvgIpc) is 3.64. The quantitative estimate of drug-likeness (QED) is 0.216. The number of hydrogen-bond donors (Lipinski definition) is 2. The highest BCUT2D eigenvalue weighted by atomic mass is 32.1. The van der Waals surface area contributed by atoms with Gasteiger partial charge in [-0.15, -0.1) is 11.3 Å². The first-order valence-corrected chi connectivity index (χ1v) is 15.8. The van der Waals surface area contributed by atoms with Crippen molar-refractivity contribution in [2.75, 3.05) is 0 Å². The highest BCUT2D eigenvalue weighted by Gasteiger charge is 2.28. The second kappa shape index (κ2) is 10.2. The van der Waals surface area contributed by atoms with Gasteiger partial charge in [-0.25, -0.2) is 4.99 Å². The Morgan fingerprint density at radius 2 is 1.27 bits per heavy atom. The lowest BCUT2D eigenvalue weighted by atomic mass is 10.0. The van der Waals surface area contributed by atoms with E-state index in [2.05, 4.69) is 155 Å². The SMILES string of the molecule is c1ccc(C2=NC(n3c4ccccc4c4ccc(-c5cccc6c5sc5ccccc56)cc43)NC(c3ccccc3)N2)cc1. The van der Waals surface area contributed by atoms with Crippen LogP contribution in [0.3, 0.4) is 0 Å². The van der Waals surface area contributed by atoms with Gasteiger partial charge in [-0.05, 0) is 34.9 Å². The number of nitrogens with one attached hydrogen (secondary N) is 2. The molecule has 0 saturated heterocycles. The number of hydrogen-bond acceptors (Lipinski definition) is 4. The molecule has 1 aliphatic heterocycles. The third-order valence-electron chi connectivity index (χ3n) is 8.70. The van der Waals surface area contributed by atoms with Gasteiger partial charge in [0.25, 0.3) is 0 Å². The molecule has 4 nitrogen and oxygen atoms in total. The monoisotopic (exact) mass is 584 g/mol. The van der Waals surface area contributed by atoms with Gasteiger partial charge in [-0.1, -0.05) is 127 Å². The fourth-order valence-corrected chi connectivity index (χ4v) is 7.88. The summed E-state index contributed by atoms with van der Waals surface area (Å²) in [6.07, 6.45) is -0.435. The first kappa shape index (κ1) is 25.3. The summed E-state index contributed by atoms with van der Waals surface area (Å²) in [7, 11) is 0. The van der Waals surface area contributed by atoms with Gasteiger partial charge in [0, 0.05) is 36.5 Å². The normalized spacial score (nSPS) is 16.9. The van der Waals surface area contributed by atoms with Gasteiger partial charge in [-0.3, -0.25) is 5.32 Å². The third kappa shape index (κ3) is 4.05. The molecule has 2 unspecified atom stereocenters. The molecule has 2 aromatic heterocycles. The van der Waals surface area contributed by atoms with Gasteiger partial charge in [0.1, 0.15) is 12.0 Å². The van der Waals surface area contributed by atoms with E-state index in [1.807, 2.05) is 17.4 Å². The predicted octanol–water partition coefficient (Wildman–Crippen LogP) is 9.62. The molecule has 5 heteroatoms. The second-order valence-electron chi connectivity index (χ2n) is 11.3. The molecular formula is C39H28N4S. The summed E-state index contributed by atoms with van der Waals surface area (Å²) >= 11 is 1.87. The number of rotatable bonds is 4. The molecule has 0 spiro atoms. The predicted molar refractivity (Wildman–Crippen MR) is 185 cm³/mol. The number of nitrogens with zero attached hydrogens (tertiary/aromatic N) is 2. The van der Waals surface area contributed by atoms with Crippen molar-refractivity contribution in [2.24, 2.45) is 4.99 Å².